The molecule has 2 amide bonds. The van der Waals surface area contributed by atoms with Crippen molar-refractivity contribution in [1.29, 1.82) is 0 Å². The summed E-state index contributed by atoms with van der Waals surface area (Å²) in [4.78, 5) is 42.7. The fourth-order valence-electron chi connectivity index (χ4n) is 5.57. The largest absolute Gasteiger partial charge is 0.493 e. The third-order valence-electron chi connectivity index (χ3n) is 7.22. The molecule has 36 heavy (non-hydrogen) atoms. The lowest BCUT2D eigenvalue weighted by molar-refractivity contribution is -0.123. The number of amides is 2. The molecule has 6 rings (SSSR count). The van der Waals surface area contributed by atoms with E-state index in [1.54, 1.807) is 41.6 Å². The molecular weight excluding hydrogens is 458 g/mol. The van der Waals surface area contributed by atoms with Crippen molar-refractivity contribution in [2.75, 3.05) is 19.1 Å². The summed E-state index contributed by atoms with van der Waals surface area (Å²) in [5, 5.41) is 7.94. The molecule has 3 aliphatic rings. The van der Waals surface area contributed by atoms with Crippen molar-refractivity contribution in [1.82, 2.24) is 5.01 Å². The lowest BCUT2D eigenvalue weighted by atomic mass is 9.86. The number of carbonyl (C=O) groups excluding carboxylic acids is 3. The highest BCUT2D eigenvalue weighted by atomic mass is 16.5. The molecule has 0 radical (unpaired) electrons. The van der Waals surface area contributed by atoms with Crippen molar-refractivity contribution in [3.63, 3.8) is 0 Å². The second-order valence-corrected chi connectivity index (χ2v) is 8.99. The topological polar surface area (TPSA) is 88.5 Å². The summed E-state index contributed by atoms with van der Waals surface area (Å²) < 4.78 is 10.7. The van der Waals surface area contributed by atoms with Crippen LogP contribution in [-0.4, -0.2) is 55.1 Å². The van der Waals surface area contributed by atoms with Crippen LogP contribution >= 0.6 is 0 Å². The molecule has 0 unspecified atom stereocenters. The number of nitrogens with zero attached hydrogens (tertiary/aromatic N) is 3. The van der Waals surface area contributed by atoms with Gasteiger partial charge in [0.2, 0.25) is 11.8 Å². The van der Waals surface area contributed by atoms with Crippen LogP contribution < -0.4 is 14.4 Å². The highest BCUT2D eigenvalue weighted by Crippen LogP contribution is 2.46. The van der Waals surface area contributed by atoms with Gasteiger partial charge in [-0.3, -0.25) is 19.4 Å². The number of anilines is 1. The highest BCUT2D eigenvalue weighted by molar-refractivity contribution is 6.25. The first-order valence-corrected chi connectivity index (χ1v) is 11.7. The Hall–Kier alpha value is -4.46. The van der Waals surface area contributed by atoms with E-state index in [1.807, 2.05) is 42.5 Å². The van der Waals surface area contributed by atoms with Gasteiger partial charge in [0.25, 0.3) is 0 Å². The number of benzene rings is 3. The Bertz CT molecular complexity index is 1480. The summed E-state index contributed by atoms with van der Waals surface area (Å²) >= 11 is 0. The van der Waals surface area contributed by atoms with Crippen molar-refractivity contribution in [2.24, 2.45) is 16.9 Å². The van der Waals surface area contributed by atoms with Gasteiger partial charge < -0.3 is 9.47 Å². The first-order valence-electron chi connectivity index (χ1n) is 11.7. The molecule has 3 aromatic rings. The third-order valence-corrected chi connectivity index (χ3v) is 7.22. The predicted molar refractivity (Wildman–Crippen MR) is 134 cm³/mol. The molecule has 0 aromatic heterocycles. The van der Waals surface area contributed by atoms with Crippen LogP contribution in [0.1, 0.15) is 10.4 Å². The molecule has 8 heteroatoms. The van der Waals surface area contributed by atoms with Crippen LogP contribution in [0, 0.1) is 11.8 Å². The Balaban J connectivity index is 1.42. The fourth-order valence-corrected chi connectivity index (χ4v) is 5.57. The van der Waals surface area contributed by atoms with Gasteiger partial charge in [-0.2, -0.15) is 5.10 Å². The number of allylic oxidation sites excluding steroid dienone is 1. The van der Waals surface area contributed by atoms with Gasteiger partial charge in [-0.25, -0.2) is 4.90 Å². The van der Waals surface area contributed by atoms with Gasteiger partial charge in [-0.05, 0) is 47.2 Å². The number of fused-ring (bicyclic) bond motifs is 4. The summed E-state index contributed by atoms with van der Waals surface area (Å²) in [6.45, 7) is 0. The van der Waals surface area contributed by atoms with Crippen molar-refractivity contribution in [2.45, 2.75) is 12.1 Å². The molecule has 0 aliphatic carbocycles. The van der Waals surface area contributed by atoms with Gasteiger partial charge >= 0.3 is 0 Å². The SMILES string of the molecule is COc1ccc(C(=O)[C@@H]2[C@@H]3C(=O)N(c4ccc5ccccc5c4)C(=O)[C@H]3[C@H]3C=CC=NN32)cc1OC. The average molecular weight is 482 g/mol. The standard InChI is InChI=1S/C28H23N3O5/c1-35-21-12-10-18(15-22(21)36-2)26(32)25-24-23(20-8-5-13-29-31(20)25)27(33)30(28(24)34)19-11-9-16-6-3-4-7-17(16)14-19/h3-15,20,23-25H,1-2H3/t20-,23+,24-,25+/m1/s1. The molecule has 0 bridgehead atoms. The number of ether oxygens (including phenoxy) is 2. The van der Waals surface area contributed by atoms with E-state index in [-0.39, 0.29) is 11.7 Å². The smallest absolute Gasteiger partial charge is 0.240 e. The molecule has 2 saturated heterocycles. The van der Waals surface area contributed by atoms with E-state index in [2.05, 4.69) is 5.10 Å². The van der Waals surface area contributed by atoms with E-state index in [4.69, 9.17) is 9.47 Å². The summed E-state index contributed by atoms with van der Waals surface area (Å²) in [7, 11) is 3.01. The number of hydrazone groups is 1. The molecule has 180 valence electrons. The molecule has 3 aliphatic heterocycles. The van der Waals surface area contributed by atoms with E-state index < -0.39 is 29.8 Å². The molecule has 3 aromatic carbocycles. The number of hydrogen-bond acceptors (Lipinski definition) is 7. The van der Waals surface area contributed by atoms with Gasteiger partial charge in [0.1, 0.15) is 6.04 Å². The summed E-state index contributed by atoms with van der Waals surface area (Å²) in [5.41, 5.74) is 0.858. The molecule has 0 saturated carbocycles. The zero-order chi connectivity index (χ0) is 25.0. The Morgan fingerprint density at radius 1 is 0.861 bits per heavy atom. The van der Waals surface area contributed by atoms with Crippen LogP contribution in [0.15, 0.2) is 77.9 Å². The van der Waals surface area contributed by atoms with Gasteiger partial charge in [-0.1, -0.05) is 36.4 Å². The quantitative estimate of drug-likeness (QED) is 0.410. The van der Waals surface area contributed by atoms with Gasteiger partial charge in [0.15, 0.2) is 17.3 Å². The highest BCUT2D eigenvalue weighted by Gasteiger charge is 2.64. The molecule has 3 heterocycles. The van der Waals surface area contributed by atoms with Crippen LogP contribution in [-0.2, 0) is 9.59 Å². The maximum Gasteiger partial charge on any atom is 0.240 e. The van der Waals surface area contributed by atoms with Crippen molar-refractivity contribution in [3.8, 4) is 11.5 Å². The summed E-state index contributed by atoms with van der Waals surface area (Å²) in [6, 6.07) is 16.7. The van der Waals surface area contributed by atoms with Crippen molar-refractivity contribution >= 4 is 40.3 Å². The number of Topliss-reactive ketones (excluding diaryl/α,β-unsaturated/α-hetero) is 1. The Labute approximate surface area is 207 Å². The Morgan fingerprint density at radius 2 is 1.61 bits per heavy atom. The van der Waals surface area contributed by atoms with Gasteiger partial charge in [0, 0.05) is 11.8 Å². The molecule has 8 nitrogen and oxygen atoms in total. The number of hydrogen-bond donors (Lipinski definition) is 0. The van der Waals surface area contributed by atoms with E-state index in [1.165, 1.54) is 19.1 Å². The van der Waals surface area contributed by atoms with Gasteiger partial charge in [-0.15, -0.1) is 0 Å². The number of ketones is 1. The third kappa shape index (κ3) is 3.14. The number of imide groups is 1. The second kappa shape index (κ2) is 8.34. The van der Waals surface area contributed by atoms with Crippen LogP contribution in [0.5, 0.6) is 11.5 Å². The van der Waals surface area contributed by atoms with E-state index in [0.29, 0.717) is 22.7 Å². The monoisotopic (exact) mass is 481 g/mol. The first-order chi connectivity index (χ1) is 17.5. The number of carbonyl (C=O) groups is 3. The van der Waals surface area contributed by atoms with Crippen LogP contribution in [0.4, 0.5) is 5.69 Å². The molecule has 0 spiro atoms. The summed E-state index contributed by atoms with van der Waals surface area (Å²) in [5.74, 6) is -1.70. The Morgan fingerprint density at radius 3 is 2.39 bits per heavy atom. The molecule has 2 fully saturated rings. The van der Waals surface area contributed by atoms with Crippen molar-refractivity contribution < 1.29 is 23.9 Å². The minimum Gasteiger partial charge on any atom is -0.493 e. The molecule has 0 N–H and O–H groups in total. The normalized spacial score (nSPS) is 24.3. The summed E-state index contributed by atoms with van der Waals surface area (Å²) in [6.07, 6.45) is 5.15. The predicted octanol–water partition coefficient (Wildman–Crippen LogP) is 3.45. The van der Waals surface area contributed by atoms with Crippen LogP contribution in [0.3, 0.4) is 0 Å². The van der Waals surface area contributed by atoms with E-state index >= 15 is 0 Å². The lowest BCUT2D eigenvalue weighted by Gasteiger charge is -2.30. The zero-order valence-electron chi connectivity index (χ0n) is 19.7. The van der Waals surface area contributed by atoms with Crippen LogP contribution in [0.25, 0.3) is 10.8 Å². The Kier molecular flexibility index (Phi) is 5.10. The maximum atomic E-state index is 13.9. The average Bonchev–Trinajstić information content (AvgIpc) is 3.39. The number of methoxy groups -OCH3 is 2. The molecule has 4 atom stereocenters. The number of rotatable bonds is 5. The fraction of sp³-hybridized carbons (Fsp3) is 0.214. The van der Waals surface area contributed by atoms with Crippen LogP contribution in [0.2, 0.25) is 0 Å². The maximum absolute atomic E-state index is 13.9. The van der Waals surface area contributed by atoms with Gasteiger partial charge in [0.05, 0.1) is 37.8 Å². The second-order valence-electron chi connectivity index (χ2n) is 8.99. The minimum absolute atomic E-state index is 0.303. The van der Waals surface area contributed by atoms with E-state index in [0.717, 1.165) is 10.8 Å². The zero-order valence-corrected chi connectivity index (χ0v) is 19.7. The first kappa shape index (κ1) is 22.0. The molecular formula is C28H23N3O5. The van der Waals surface area contributed by atoms with Crippen molar-refractivity contribution in [3.05, 3.63) is 78.4 Å². The minimum atomic E-state index is -0.929. The lowest BCUT2D eigenvalue weighted by Crippen LogP contribution is -2.46. The van der Waals surface area contributed by atoms with E-state index in [9.17, 15) is 14.4 Å².